The molecule has 0 bridgehead atoms. The van der Waals surface area contributed by atoms with Crippen molar-refractivity contribution in [1.29, 1.82) is 0 Å². The Kier molecular flexibility index (Phi) is 6.30. The van der Waals surface area contributed by atoms with Gasteiger partial charge in [0, 0.05) is 17.4 Å². The van der Waals surface area contributed by atoms with Gasteiger partial charge in [0.2, 0.25) is 11.8 Å². The number of thioether (sulfide) groups is 1. The highest BCUT2D eigenvalue weighted by molar-refractivity contribution is 7.99. The maximum absolute atomic E-state index is 13.0. The van der Waals surface area contributed by atoms with E-state index in [2.05, 4.69) is 10.6 Å². The third-order valence-corrected chi connectivity index (χ3v) is 6.76. The van der Waals surface area contributed by atoms with Crippen molar-refractivity contribution >= 4 is 29.5 Å². The van der Waals surface area contributed by atoms with Crippen LogP contribution in [-0.2, 0) is 9.59 Å². The highest BCUT2D eigenvalue weighted by atomic mass is 32.2. The number of nitrogens with zero attached hydrogens (tertiary/aromatic N) is 1. The van der Waals surface area contributed by atoms with Gasteiger partial charge in [-0.05, 0) is 24.5 Å². The zero-order chi connectivity index (χ0) is 20.4. The van der Waals surface area contributed by atoms with Crippen LogP contribution < -0.4 is 10.6 Å². The maximum Gasteiger partial charge on any atom is 0.256 e. The van der Waals surface area contributed by atoms with E-state index in [0.29, 0.717) is 17.7 Å². The molecule has 0 saturated carbocycles. The number of aliphatic hydroxyl groups is 1. The average Bonchev–Trinajstić information content (AvgIpc) is 3.25. The van der Waals surface area contributed by atoms with Crippen LogP contribution >= 0.6 is 11.8 Å². The van der Waals surface area contributed by atoms with Crippen LogP contribution in [-0.4, -0.2) is 58.2 Å². The Hall–Kier alpha value is -2.06. The maximum atomic E-state index is 13.0. The molecule has 3 rings (SSSR count). The van der Waals surface area contributed by atoms with Gasteiger partial charge in [-0.3, -0.25) is 14.4 Å². The summed E-state index contributed by atoms with van der Waals surface area (Å²) in [6, 6.07) is 5.73. The van der Waals surface area contributed by atoms with Crippen LogP contribution in [0.4, 0.5) is 0 Å². The molecule has 0 unspecified atom stereocenters. The number of carbonyl (C=O) groups excluding carboxylic acids is 3. The quantitative estimate of drug-likeness (QED) is 0.635. The van der Waals surface area contributed by atoms with Crippen molar-refractivity contribution in [1.82, 2.24) is 15.5 Å². The third kappa shape index (κ3) is 3.75. The second kappa shape index (κ2) is 8.53. The number of amides is 3. The largest absolute Gasteiger partial charge is 0.394 e. The standard InChI is InChI=1S/C20H27N3O4S/c1-4-11(2)16(18(26)21-12(3)9-24)22-17(25)15-10-28-20-14-8-6-5-7-13(14)19(27)23(15)20/h5-8,11-12,15-16,20,24H,4,9-10H2,1-3H3,(H,21,26)(H,22,25)/t11-,12+,15-,16+,20+/m1/s1. The van der Waals surface area contributed by atoms with Crippen molar-refractivity contribution in [3.8, 4) is 0 Å². The Balaban J connectivity index is 1.74. The van der Waals surface area contributed by atoms with Gasteiger partial charge < -0.3 is 20.6 Å². The summed E-state index contributed by atoms with van der Waals surface area (Å²) < 4.78 is 0. The number of aliphatic hydroxyl groups excluding tert-OH is 1. The topological polar surface area (TPSA) is 98.7 Å². The number of rotatable bonds is 7. The van der Waals surface area contributed by atoms with Gasteiger partial charge >= 0.3 is 0 Å². The van der Waals surface area contributed by atoms with Gasteiger partial charge in [0.05, 0.1) is 6.61 Å². The molecule has 0 aromatic heterocycles. The van der Waals surface area contributed by atoms with Crippen LogP contribution in [0.1, 0.15) is 48.5 Å². The molecule has 2 heterocycles. The Morgan fingerprint density at radius 3 is 2.68 bits per heavy atom. The number of nitrogens with one attached hydrogen (secondary N) is 2. The fourth-order valence-electron chi connectivity index (χ4n) is 3.57. The Morgan fingerprint density at radius 2 is 2.00 bits per heavy atom. The molecule has 2 aliphatic rings. The van der Waals surface area contributed by atoms with Crippen molar-refractivity contribution in [2.45, 2.75) is 50.7 Å². The number of fused-ring (bicyclic) bond motifs is 3. The summed E-state index contributed by atoms with van der Waals surface area (Å²) in [5.41, 5.74) is 1.59. The minimum absolute atomic E-state index is 0.0776. The van der Waals surface area contributed by atoms with Crippen LogP contribution in [0.5, 0.6) is 0 Å². The van der Waals surface area contributed by atoms with Gasteiger partial charge in [0.25, 0.3) is 5.91 Å². The molecule has 3 amide bonds. The molecular weight excluding hydrogens is 378 g/mol. The van der Waals surface area contributed by atoms with Gasteiger partial charge in [-0.2, -0.15) is 0 Å². The molecule has 7 nitrogen and oxygen atoms in total. The SMILES string of the molecule is CC[C@@H](C)[C@H](NC(=O)[C@H]1CS[C@H]2c3ccccc3C(=O)N12)C(=O)N[C@@H](C)CO. The summed E-state index contributed by atoms with van der Waals surface area (Å²) in [6.45, 7) is 5.38. The van der Waals surface area contributed by atoms with E-state index in [9.17, 15) is 19.5 Å². The average molecular weight is 406 g/mol. The molecule has 8 heteroatoms. The number of hydrogen-bond donors (Lipinski definition) is 3. The predicted molar refractivity (Wildman–Crippen MR) is 108 cm³/mol. The Morgan fingerprint density at radius 1 is 1.29 bits per heavy atom. The van der Waals surface area contributed by atoms with Crippen LogP contribution in [0.25, 0.3) is 0 Å². The number of benzene rings is 1. The zero-order valence-corrected chi connectivity index (χ0v) is 17.2. The highest BCUT2D eigenvalue weighted by Crippen LogP contribution is 2.48. The summed E-state index contributed by atoms with van der Waals surface area (Å²) in [7, 11) is 0. The minimum Gasteiger partial charge on any atom is -0.394 e. The van der Waals surface area contributed by atoms with Gasteiger partial charge in [0.1, 0.15) is 17.5 Å². The molecule has 1 fully saturated rings. The Bertz CT molecular complexity index is 772. The Labute approximate surface area is 169 Å². The fraction of sp³-hybridized carbons (Fsp3) is 0.550. The lowest BCUT2D eigenvalue weighted by atomic mass is 9.97. The lowest BCUT2D eigenvalue weighted by molar-refractivity contribution is -0.132. The molecule has 28 heavy (non-hydrogen) atoms. The zero-order valence-electron chi connectivity index (χ0n) is 16.3. The first kappa shape index (κ1) is 20.7. The van der Waals surface area contributed by atoms with E-state index in [1.807, 2.05) is 32.0 Å². The first-order valence-corrected chi connectivity index (χ1v) is 10.7. The fourth-order valence-corrected chi connectivity index (χ4v) is 5.04. The van der Waals surface area contributed by atoms with E-state index >= 15 is 0 Å². The van der Waals surface area contributed by atoms with Gasteiger partial charge in [-0.25, -0.2) is 0 Å². The summed E-state index contributed by atoms with van der Waals surface area (Å²) in [5.74, 6) is -0.343. The molecule has 1 aromatic rings. The van der Waals surface area contributed by atoms with Crippen LogP contribution in [0.3, 0.4) is 0 Å². The molecular formula is C20H27N3O4S. The van der Waals surface area contributed by atoms with Crippen molar-refractivity contribution in [3.05, 3.63) is 35.4 Å². The highest BCUT2D eigenvalue weighted by Gasteiger charge is 2.48. The van der Waals surface area contributed by atoms with E-state index in [0.717, 1.165) is 5.56 Å². The van der Waals surface area contributed by atoms with Gasteiger partial charge in [-0.15, -0.1) is 11.8 Å². The van der Waals surface area contributed by atoms with Crippen molar-refractivity contribution in [2.75, 3.05) is 12.4 Å². The monoisotopic (exact) mass is 405 g/mol. The van der Waals surface area contributed by atoms with E-state index in [1.54, 1.807) is 29.7 Å². The van der Waals surface area contributed by atoms with E-state index in [4.69, 9.17) is 0 Å². The van der Waals surface area contributed by atoms with Gasteiger partial charge in [0.15, 0.2) is 0 Å². The van der Waals surface area contributed by atoms with E-state index in [1.165, 1.54) is 0 Å². The minimum atomic E-state index is -0.712. The van der Waals surface area contributed by atoms with Crippen molar-refractivity contribution < 1.29 is 19.5 Å². The number of hydrogen-bond acceptors (Lipinski definition) is 5. The van der Waals surface area contributed by atoms with Crippen LogP contribution in [0.2, 0.25) is 0 Å². The van der Waals surface area contributed by atoms with Crippen LogP contribution in [0, 0.1) is 5.92 Å². The normalized spacial score (nSPS) is 23.6. The van der Waals surface area contributed by atoms with Gasteiger partial charge in [-0.1, -0.05) is 38.5 Å². The molecule has 0 spiro atoms. The lowest BCUT2D eigenvalue weighted by Gasteiger charge is -2.28. The molecule has 2 aliphatic heterocycles. The molecule has 5 atom stereocenters. The van der Waals surface area contributed by atoms with Crippen LogP contribution in [0.15, 0.2) is 24.3 Å². The predicted octanol–water partition coefficient (Wildman–Crippen LogP) is 1.28. The lowest BCUT2D eigenvalue weighted by Crippen LogP contribution is -2.56. The summed E-state index contributed by atoms with van der Waals surface area (Å²) in [6.07, 6.45) is 0.710. The molecule has 1 saturated heterocycles. The first-order valence-electron chi connectivity index (χ1n) is 9.63. The molecule has 3 N–H and O–H groups in total. The van der Waals surface area contributed by atoms with E-state index in [-0.39, 0.29) is 35.6 Å². The molecule has 0 radical (unpaired) electrons. The molecule has 152 valence electrons. The second-order valence-electron chi connectivity index (χ2n) is 7.47. The summed E-state index contributed by atoms with van der Waals surface area (Å²) >= 11 is 1.57. The third-order valence-electron chi connectivity index (χ3n) is 5.45. The molecule has 0 aliphatic carbocycles. The second-order valence-corrected chi connectivity index (χ2v) is 8.58. The molecule has 1 aromatic carbocycles. The van der Waals surface area contributed by atoms with Crippen molar-refractivity contribution in [3.63, 3.8) is 0 Å². The summed E-state index contributed by atoms with van der Waals surface area (Å²) in [4.78, 5) is 40.1. The smallest absolute Gasteiger partial charge is 0.256 e. The van der Waals surface area contributed by atoms with E-state index < -0.39 is 18.1 Å². The van der Waals surface area contributed by atoms with Crippen molar-refractivity contribution in [2.24, 2.45) is 5.92 Å². The summed E-state index contributed by atoms with van der Waals surface area (Å²) in [5, 5.41) is 14.6. The number of carbonyl (C=O) groups is 3. The first-order chi connectivity index (χ1) is 13.4.